The van der Waals surface area contributed by atoms with Gasteiger partial charge in [-0.05, 0) is 18.8 Å². The first kappa shape index (κ1) is 16.9. The summed E-state index contributed by atoms with van der Waals surface area (Å²) in [6, 6.07) is -1.04. The van der Waals surface area contributed by atoms with E-state index in [9.17, 15) is 9.59 Å². The molecule has 6 nitrogen and oxygen atoms in total. The summed E-state index contributed by atoms with van der Waals surface area (Å²) in [5.41, 5.74) is 5.84. The van der Waals surface area contributed by atoms with E-state index in [0.717, 1.165) is 0 Å². The number of carbonyl (C=O) groups is 2. The van der Waals surface area contributed by atoms with Crippen molar-refractivity contribution in [2.45, 2.75) is 45.7 Å². The van der Waals surface area contributed by atoms with Gasteiger partial charge in [0, 0.05) is 13.1 Å². The van der Waals surface area contributed by atoms with Crippen molar-refractivity contribution < 1.29 is 14.3 Å². The molecule has 2 atom stereocenters. The van der Waals surface area contributed by atoms with Gasteiger partial charge in [-0.3, -0.25) is 9.59 Å². The number of ether oxygens (including phenoxy) is 1. The number of hydrogen-bond acceptors (Lipinski definition) is 4. The summed E-state index contributed by atoms with van der Waals surface area (Å²) < 4.78 is 5.23. The molecule has 0 bridgehead atoms. The molecule has 0 aromatic carbocycles. The lowest BCUT2D eigenvalue weighted by Crippen LogP contribution is -2.54. The molecule has 1 rings (SSSR count). The van der Waals surface area contributed by atoms with Crippen LogP contribution in [0.4, 0.5) is 0 Å². The van der Waals surface area contributed by atoms with Crippen LogP contribution in [-0.4, -0.2) is 55.1 Å². The van der Waals surface area contributed by atoms with Gasteiger partial charge in [0.2, 0.25) is 11.8 Å². The molecule has 3 N–H and O–H groups in total. The normalized spacial score (nSPS) is 18.8. The minimum atomic E-state index is -0.554. The zero-order valence-corrected chi connectivity index (χ0v) is 12.7. The van der Waals surface area contributed by atoms with Gasteiger partial charge in [0.25, 0.3) is 0 Å². The monoisotopic (exact) mass is 285 g/mol. The van der Waals surface area contributed by atoms with Crippen molar-refractivity contribution in [1.82, 2.24) is 10.2 Å². The Morgan fingerprint density at radius 1 is 1.30 bits per heavy atom. The fraction of sp³-hybridized carbons (Fsp3) is 0.857. The first-order chi connectivity index (χ1) is 9.45. The highest BCUT2D eigenvalue weighted by molar-refractivity contribution is 5.89. The molecule has 6 heteroatoms. The largest absolute Gasteiger partial charge is 0.378 e. The summed E-state index contributed by atoms with van der Waals surface area (Å²) in [6.07, 6.45) is 1.18. The summed E-state index contributed by atoms with van der Waals surface area (Å²) in [5, 5.41) is 2.77. The Morgan fingerprint density at radius 2 is 1.90 bits per heavy atom. The number of nitrogens with zero attached hydrogens (tertiary/aromatic N) is 1. The van der Waals surface area contributed by atoms with Crippen LogP contribution in [0.5, 0.6) is 0 Å². The molecule has 1 heterocycles. The van der Waals surface area contributed by atoms with Crippen molar-refractivity contribution in [2.24, 2.45) is 11.7 Å². The SMILES string of the molecule is CCC(NC(=O)[C@@H](N)CC(C)C)C(=O)N1CCOCC1. The Balaban J connectivity index is 2.52. The molecule has 1 aliphatic heterocycles. The maximum Gasteiger partial charge on any atom is 0.245 e. The standard InChI is InChI=1S/C14H27N3O3/c1-4-12(14(19)17-5-7-20-8-6-17)16-13(18)11(15)9-10(2)3/h10-12H,4-9,15H2,1-3H3,(H,16,18)/t11-,12?/m0/s1. The lowest BCUT2D eigenvalue weighted by molar-refractivity contribution is -0.140. The number of amides is 2. The van der Waals surface area contributed by atoms with Gasteiger partial charge in [-0.2, -0.15) is 0 Å². The van der Waals surface area contributed by atoms with Crippen molar-refractivity contribution in [3.63, 3.8) is 0 Å². The Labute approximate surface area is 121 Å². The summed E-state index contributed by atoms with van der Waals surface area (Å²) in [5.74, 6) is 0.0684. The van der Waals surface area contributed by atoms with E-state index in [0.29, 0.717) is 45.1 Å². The molecule has 2 amide bonds. The molecule has 0 aromatic heterocycles. The third-order valence-electron chi connectivity index (χ3n) is 3.41. The van der Waals surface area contributed by atoms with Crippen LogP contribution in [0.1, 0.15) is 33.6 Å². The molecule has 0 saturated carbocycles. The van der Waals surface area contributed by atoms with E-state index in [1.54, 1.807) is 4.90 Å². The summed E-state index contributed by atoms with van der Waals surface area (Å²) in [7, 11) is 0. The molecule has 0 aliphatic carbocycles. The van der Waals surface area contributed by atoms with Crippen LogP contribution in [0.25, 0.3) is 0 Å². The fourth-order valence-corrected chi connectivity index (χ4v) is 2.24. The maximum atomic E-state index is 12.3. The zero-order chi connectivity index (χ0) is 15.1. The summed E-state index contributed by atoms with van der Waals surface area (Å²) in [6.45, 7) is 8.21. The third-order valence-corrected chi connectivity index (χ3v) is 3.41. The van der Waals surface area contributed by atoms with E-state index in [1.807, 2.05) is 20.8 Å². The Hall–Kier alpha value is -1.14. The number of hydrogen-bond donors (Lipinski definition) is 2. The highest BCUT2D eigenvalue weighted by atomic mass is 16.5. The molecule has 116 valence electrons. The predicted molar refractivity (Wildman–Crippen MR) is 77.1 cm³/mol. The van der Waals surface area contributed by atoms with Crippen molar-refractivity contribution in [3.05, 3.63) is 0 Å². The second-order valence-corrected chi connectivity index (χ2v) is 5.64. The van der Waals surface area contributed by atoms with Gasteiger partial charge in [-0.1, -0.05) is 20.8 Å². The van der Waals surface area contributed by atoms with Crippen molar-refractivity contribution in [2.75, 3.05) is 26.3 Å². The lowest BCUT2D eigenvalue weighted by Gasteiger charge is -2.30. The predicted octanol–water partition coefficient (Wildman–Crippen LogP) is 0.113. The van der Waals surface area contributed by atoms with Gasteiger partial charge in [0.15, 0.2) is 0 Å². The molecule has 1 fully saturated rings. The van der Waals surface area contributed by atoms with Crippen LogP contribution in [0.15, 0.2) is 0 Å². The van der Waals surface area contributed by atoms with Gasteiger partial charge in [-0.15, -0.1) is 0 Å². The summed E-state index contributed by atoms with van der Waals surface area (Å²) in [4.78, 5) is 26.1. The second-order valence-electron chi connectivity index (χ2n) is 5.64. The molecule has 0 spiro atoms. The quantitative estimate of drug-likeness (QED) is 0.725. The summed E-state index contributed by atoms with van der Waals surface area (Å²) >= 11 is 0. The zero-order valence-electron chi connectivity index (χ0n) is 12.7. The number of morpholine rings is 1. The van der Waals surface area contributed by atoms with Crippen LogP contribution in [0.2, 0.25) is 0 Å². The Bertz CT molecular complexity index is 328. The van der Waals surface area contributed by atoms with Gasteiger partial charge in [-0.25, -0.2) is 0 Å². The van der Waals surface area contributed by atoms with Gasteiger partial charge < -0.3 is 20.7 Å². The highest BCUT2D eigenvalue weighted by Crippen LogP contribution is 2.06. The first-order valence-electron chi connectivity index (χ1n) is 7.38. The molecule has 0 aromatic rings. The van der Waals surface area contributed by atoms with Crippen LogP contribution in [0.3, 0.4) is 0 Å². The minimum absolute atomic E-state index is 0.0408. The highest BCUT2D eigenvalue weighted by Gasteiger charge is 2.27. The number of carbonyl (C=O) groups excluding carboxylic acids is 2. The van der Waals surface area contributed by atoms with Crippen LogP contribution >= 0.6 is 0 Å². The van der Waals surface area contributed by atoms with Crippen molar-refractivity contribution in [1.29, 1.82) is 0 Å². The molecular formula is C14H27N3O3. The number of nitrogens with one attached hydrogen (secondary N) is 1. The molecule has 1 unspecified atom stereocenters. The van der Waals surface area contributed by atoms with E-state index >= 15 is 0 Å². The maximum absolute atomic E-state index is 12.3. The fourth-order valence-electron chi connectivity index (χ4n) is 2.24. The molecular weight excluding hydrogens is 258 g/mol. The molecule has 1 aliphatic rings. The van der Waals surface area contributed by atoms with Crippen molar-refractivity contribution >= 4 is 11.8 Å². The Morgan fingerprint density at radius 3 is 2.40 bits per heavy atom. The number of rotatable bonds is 6. The average Bonchev–Trinajstić information content (AvgIpc) is 2.43. The molecule has 0 radical (unpaired) electrons. The van der Waals surface area contributed by atoms with E-state index in [1.165, 1.54) is 0 Å². The van der Waals surface area contributed by atoms with E-state index < -0.39 is 12.1 Å². The van der Waals surface area contributed by atoms with Gasteiger partial charge in [0.1, 0.15) is 6.04 Å². The topological polar surface area (TPSA) is 84.7 Å². The average molecular weight is 285 g/mol. The van der Waals surface area contributed by atoms with Crippen molar-refractivity contribution in [3.8, 4) is 0 Å². The lowest BCUT2D eigenvalue weighted by atomic mass is 10.0. The van der Waals surface area contributed by atoms with Crippen LogP contribution in [-0.2, 0) is 14.3 Å². The van der Waals surface area contributed by atoms with Gasteiger partial charge in [0.05, 0.1) is 19.3 Å². The first-order valence-corrected chi connectivity index (χ1v) is 7.38. The Kier molecular flexibility index (Phi) is 6.95. The third kappa shape index (κ3) is 5.09. The van der Waals surface area contributed by atoms with E-state index in [-0.39, 0.29) is 11.8 Å². The van der Waals surface area contributed by atoms with Crippen LogP contribution in [0, 0.1) is 5.92 Å². The molecule has 1 saturated heterocycles. The second kappa shape index (κ2) is 8.21. The van der Waals surface area contributed by atoms with E-state index in [4.69, 9.17) is 10.5 Å². The smallest absolute Gasteiger partial charge is 0.245 e. The minimum Gasteiger partial charge on any atom is -0.378 e. The van der Waals surface area contributed by atoms with Gasteiger partial charge >= 0.3 is 0 Å². The van der Waals surface area contributed by atoms with Crippen LogP contribution < -0.4 is 11.1 Å². The molecule has 20 heavy (non-hydrogen) atoms. The number of nitrogens with two attached hydrogens (primary N) is 1. The van der Waals surface area contributed by atoms with E-state index in [2.05, 4.69) is 5.32 Å².